The molecule has 1 fully saturated rings. The Bertz CT molecular complexity index is 1230. The first-order chi connectivity index (χ1) is 15.0. The highest BCUT2D eigenvalue weighted by atomic mass is 32.2. The van der Waals surface area contributed by atoms with Crippen molar-refractivity contribution in [2.24, 2.45) is 0 Å². The quantitative estimate of drug-likeness (QED) is 0.581. The van der Waals surface area contributed by atoms with Crippen molar-refractivity contribution in [3.63, 3.8) is 0 Å². The van der Waals surface area contributed by atoms with Gasteiger partial charge < -0.3 is 9.80 Å². The van der Waals surface area contributed by atoms with E-state index < -0.39 is 27.0 Å². The van der Waals surface area contributed by atoms with Crippen LogP contribution in [-0.2, 0) is 16.2 Å². The van der Waals surface area contributed by atoms with Crippen LogP contribution in [0.15, 0.2) is 42.6 Å². The number of hydrogen-bond donors (Lipinski definition) is 0. The van der Waals surface area contributed by atoms with E-state index in [1.807, 2.05) is 13.1 Å². The van der Waals surface area contributed by atoms with E-state index in [1.165, 1.54) is 22.3 Å². The molecule has 0 N–H and O–H groups in total. The van der Waals surface area contributed by atoms with Crippen LogP contribution in [0.1, 0.15) is 19.4 Å². The van der Waals surface area contributed by atoms with E-state index in [9.17, 15) is 21.6 Å². The topological polar surface area (TPSA) is 58.4 Å². The van der Waals surface area contributed by atoms with E-state index >= 15 is 0 Å². The summed E-state index contributed by atoms with van der Waals surface area (Å²) in [6.45, 7) is 6.31. The van der Waals surface area contributed by atoms with E-state index in [0.717, 1.165) is 38.3 Å². The summed E-state index contributed by atoms with van der Waals surface area (Å²) < 4.78 is 66.1. The molecule has 1 saturated heterocycles. The third-order valence-electron chi connectivity index (χ3n) is 5.83. The van der Waals surface area contributed by atoms with Gasteiger partial charge in [0.2, 0.25) is 10.0 Å². The Morgan fingerprint density at radius 1 is 1.00 bits per heavy atom. The summed E-state index contributed by atoms with van der Waals surface area (Å²) in [5, 5.41) is -0.0754. The first-order valence-corrected chi connectivity index (χ1v) is 11.9. The Morgan fingerprint density at radius 2 is 1.62 bits per heavy atom. The lowest BCUT2D eigenvalue weighted by Crippen LogP contribution is -2.44. The molecule has 4 rings (SSSR count). The maximum atomic E-state index is 13.0. The van der Waals surface area contributed by atoms with E-state index in [-0.39, 0.29) is 5.65 Å². The number of nitrogens with zero attached hydrogens (tertiary/aromatic N) is 4. The number of halogens is 3. The van der Waals surface area contributed by atoms with Crippen molar-refractivity contribution in [3.8, 4) is 11.1 Å². The molecule has 3 heterocycles. The van der Waals surface area contributed by atoms with Crippen LogP contribution >= 0.6 is 0 Å². The molecule has 0 spiro atoms. The van der Waals surface area contributed by atoms with Gasteiger partial charge in [-0.2, -0.15) is 13.2 Å². The highest BCUT2D eigenvalue weighted by Crippen LogP contribution is 2.36. The average molecular weight is 467 g/mol. The summed E-state index contributed by atoms with van der Waals surface area (Å²) >= 11 is 0. The number of alkyl halides is 3. The molecule has 1 aliphatic rings. The SMILES string of the molecule is CC(C)S(=O)(=O)n1ccc2c(-c3ccc(C(F)(F)F)cc3)cc(N3CCN(C)CC3)nc21. The van der Waals surface area contributed by atoms with E-state index in [0.29, 0.717) is 22.3 Å². The van der Waals surface area contributed by atoms with Gasteiger partial charge in [0.15, 0.2) is 5.65 Å². The zero-order chi connectivity index (χ0) is 23.3. The number of aromatic nitrogens is 2. The average Bonchev–Trinajstić information content (AvgIpc) is 3.18. The summed E-state index contributed by atoms with van der Waals surface area (Å²) in [6, 6.07) is 8.41. The van der Waals surface area contributed by atoms with Crippen LogP contribution in [0, 0.1) is 0 Å². The van der Waals surface area contributed by atoms with Crippen molar-refractivity contribution in [1.82, 2.24) is 13.9 Å². The number of hydrogen-bond acceptors (Lipinski definition) is 5. The van der Waals surface area contributed by atoms with Crippen LogP contribution in [0.25, 0.3) is 22.2 Å². The Hall–Kier alpha value is -2.59. The van der Waals surface area contributed by atoms with Crippen LogP contribution in [0.2, 0.25) is 0 Å². The van der Waals surface area contributed by atoms with Crippen molar-refractivity contribution >= 4 is 26.9 Å². The Labute approximate surface area is 185 Å². The summed E-state index contributed by atoms with van der Waals surface area (Å²) in [4.78, 5) is 8.95. The summed E-state index contributed by atoms with van der Waals surface area (Å²) in [6.07, 6.45) is -2.96. The monoisotopic (exact) mass is 466 g/mol. The summed E-state index contributed by atoms with van der Waals surface area (Å²) in [7, 11) is -1.63. The van der Waals surface area contributed by atoms with Gasteiger partial charge in [-0.25, -0.2) is 17.4 Å². The number of piperazine rings is 1. The molecule has 0 amide bonds. The number of fused-ring (bicyclic) bond motifs is 1. The zero-order valence-corrected chi connectivity index (χ0v) is 18.9. The molecule has 0 atom stereocenters. The van der Waals surface area contributed by atoms with Gasteiger partial charge in [0.25, 0.3) is 0 Å². The largest absolute Gasteiger partial charge is 0.416 e. The maximum Gasteiger partial charge on any atom is 0.416 e. The number of rotatable bonds is 4. The molecule has 0 saturated carbocycles. The summed E-state index contributed by atoms with van der Waals surface area (Å²) in [5.74, 6) is 0.611. The minimum absolute atomic E-state index is 0.282. The fourth-order valence-corrected chi connectivity index (χ4v) is 4.85. The molecule has 6 nitrogen and oxygen atoms in total. The molecule has 0 radical (unpaired) electrons. The van der Waals surface area contributed by atoms with Crippen LogP contribution in [-0.4, -0.2) is 60.8 Å². The van der Waals surface area contributed by atoms with E-state index in [2.05, 4.69) is 14.8 Å². The molecule has 3 aromatic rings. The van der Waals surface area contributed by atoms with Gasteiger partial charge in [-0.15, -0.1) is 0 Å². The van der Waals surface area contributed by atoms with Crippen molar-refractivity contribution in [2.75, 3.05) is 38.1 Å². The molecule has 32 heavy (non-hydrogen) atoms. The minimum atomic E-state index is -4.42. The predicted molar refractivity (Wildman–Crippen MR) is 119 cm³/mol. The molecule has 2 aromatic heterocycles. The van der Waals surface area contributed by atoms with Crippen molar-refractivity contribution in [3.05, 3.63) is 48.2 Å². The second-order valence-electron chi connectivity index (χ2n) is 8.34. The van der Waals surface area contributed by atoms with Crippen LogP contribution in [0.4, 0.5) is 19.0 Å². The van der Waals surface area contributed by atoms with Crippen molar-refractivity contribution in [1.29, 1.82) is 0 Å². The van der Waals surface area contributed by atoms with Crippen molar-refractivity contribution < 1.29 is 21.6 Å². The predicted octanol–water partition coefficient (Wildman–Crippen LogP) is 4.06. The number of benzene rings is 1. The molecular formula is C22H25F3N4O2S. The minimum Gasteiger partial charge on any atom is -0.354 e. The highest BCUT2D eigenvalue weighted by molar-refractivity contribution is 7.90. The van der Waals surface area contributed by atoms with Gasteiger partial charge in [-0.1, -0.05) is 12.1 Å². The van der Waals surface area contributed by atoms with Gasteiger partial charge in [-0.3, -0.25) is 0 Å². The molecule has 0 unspecified atom stereocenters. The van der Waals surface area contributed by atoms with Gasteiger partial charge in [-0.05, 0) is 56.3 Å². The van der Waals surface area contributed by atoms with Crippen LogP contribution < -0.4 is 4.90 Å². The standard InChI is InChI=1S/C22H25F3N4O2S/c1-15(2)32(30,31)29-9-8-18-19(16-4-6-17(7-5-16)22(23,24)25)14-20(26-21(18)29)28-12-10-27(3)11-13-28/h4-9,14-15H,10-13H2,1-3H3. The zero-order valence-electron chi connectivity index (χ0n) is 18.1. The van der Waals surface area contributed by atoms with Crippen LogP contribution in [0.5, 0.6) is 0 Å². The second kappa shape index (κ2) is 8.08. The lowest BCUT2D eigenvalue weighted by atomic mass is 10.0. The number of pyridine rings is 1. The van der Waals surface area contributed by atoms with Gasteiger partial charge in [0.05, 0.1) is 10.8 Å². The van der Waals surface area contributed by atoms with Crippen molar-refractivity contribution in [2.45, 2.75) is 25.3 Å². The first kappa shape index (κ1) is 22.6. The summed E-state index contributed by atoms with van der Waals surface area (Å²) in [5.41, 5.74) is 0.770. The lowest BCUT2D eigenvalue weighted by molar-refractivity contribution is -0.137. The number of anilines is 1. The molecule has 10 heteroatoms. The smallest absolute Gasteiger partial charge is 0.354 e. The fourth-order valence-electron chi connectivity index (χ4n) is 3.78. The van der Waals surface area contributed by atoms with Gasteiger partial charge in [0, 0.05) is 37.8 Å². The Morgan fingerprint density at radius 3 is 2.19 bits per heavy atom. The molecule has 0 bridgehead atoms. The molecule has 0 aliphatic carbocycles. The lowest BCUT2D eigenvalue weighted by Gasteiger charge is -2.33. The normalized spacial score (nSPS) is 16.3. The first-order valence-electron chi connectivity index (χ1n) is 10.4. The van der Waals surface area contributed by atoms with Crippen LogP contribution in [0.3, 0.4) is 0 Å². The molecular weight excluding hydrogens is 441 g/mol. The molecule has 1 aliphatic heterocycles. The third-order valence-corrected chi connectivity index (χ3v) is 7.87. The Balaban J connectivity index is 1.90. The molecule has 172 valence electrons. The van der Waals surface area contributed by atoms with Gasteiger partial charge in [0.1, 0.15) is 5.82 Å². The van der Waals surface area contributed by atoms with E-state index in [1.54, 1.807) is 19.9 Å². The van der Waals surface area contributed by atoms with E-state index in [4.69, 9.17) is 0 Å². The fraction of sp³-hybridized carbons (Fsp3) is 0.409. The molecule has 1 aromatic carbocycles. The van der Waals surface area contributed by atoms with Gasteiger partial charge >= 0.3 is 6.18 Å². The maximum absolute atomic E-state index is 13.0. The number of likely N-dealkylation sites (N-methyl/N-ethyl adjacent to an activating group) is 1. The second-order valence-corrected chi connectivity index (χ2v) is 10.7. The Kier molecular flexibility index (Phi) is 5.70. The highest BCUT2D eigenvalue weighted by Gasteiger charge is 2.30. The third kappa shape index (κ3) is 4.09.